The number of carbonyl (C=O) groups is 2. The maximum atomic E-state index is 13.3. The average Bonchev–Trinajstić information content (AvgIpc) is 3.15. The molecule has 0 amide bonds. The molecule has 0 bridgehead atoms. The summed E-state index contributed by atoms with van der Waals surface area (Å²) in [6.45, 7) is 13.6. The Balaban J connectivity index is 2.50. The van der Waals surface area contributed by atoms with Crippen LogP contribution in [0, 0.1) is 11.8 Å². The highest BCUT2D eigenvalue weighted by Gasteiger charge is 2.38. The predicted octanol–water partition coefficient (Wildman–Crippen LogP) is 16.3. The number of allylic oxidation sites excluding steroid dienone is 17. The van der Waals surface area contributed by atoms with Crippen molar-refractivity contribution >= 4 is 11.8 Å². The molecule has 1 aliphatic rings. The van der Waals surface area contributed by atoms with Crippen LogP contribution < -0.4 is 0 Å². The molecule has 0 aromatic heterocycles. The standard InChI is InChI=1S/C53H84O3/c1-7-9-11-13-15-17-19-21-23-25-27-29-31-33-35-39-49(54)44-48(52-45-51(47(5)6)50(52)40-37-38-46(3)4)42-43-56-53(55)41-36-34-32-30-28-26-24-22-20-18-16-14-12-10-8-2/h13-24,38,44,50,52H,7-12,25-37,39-43,45H2,1-6H3/b15-13-,16-14-,19-17+,20-18+,23-21-,24-22-,48-44+. The molecule has 1 saturated carbocycles. The summed E-state index contributed by atoms with van der Waals surface area (Å²) in [4.78, 5) is 25.9. The molecule has 1 rings (SSSR count). The van der Waals surface area contributed by atoms with Crippen molar-refractivity contribution in [3.8, 4) is 0 Å². The van der Waals surface area contributed by atoms with Crippen molar-refractivity contribution in [1.29, 1.82) is 0 Å². The summed E-state index contributed by atoms with van der Waals surface area (Å²) in [6.07, 6.45) is 55.9. The van der Waals surface area contributed by atoms with Gasteiger partial charge in [0.15, 0.2) is 5.78 Å². The molecule has 314 valence electrons. The fourth-order valence-corrected chi connectivity index (χ4v) is 7.26. The van der Waals surface area contributed by atoms with Gasteiger partial charge in [-0.3, -0.25) is 9.59 Å². The van der Waals surface area contributed by atoms with Gasteiger partial charge in [-0.2, -0.15) is 0 Å². The quantitative estimate of drug-likeness (QED) is 0.0215. The fourth-order valence-electron chi connectivity index (χ4n) is 7.26. The molecule has 2 unspecified atom stereocenters. The SMILES string of the molecule is CCCC\C=C/C=C/C=C\CCCCCCCC(=O)/C=C(\CCOC(=O)CCCCCCC\C=C/C=C/C=C\CCCC)C1CC(=C(C)C)C1CCC=C(C)C. The molecule has 56 heavy (non-hydrogen) atoms. The Kier molecular flexibility index (Phi) is 32.8. The lowest BCUT2D eigenvalue weighted by Gasteiger charge is -2.43. The molecule has 0 heterocycles. The maximum absolute atomic E-state index is 13.3. The van der Waals surface area contributed by atoms with E-state index >= 15 is 0 Å². The molecular weight excluding hydrogens is 685 g/mol. The van der Waals surface area contributed by atoms with E-state index < -0.39 is 0 Å². The van der Waals surface area contributed by atoms with E-state index in [1.807, 2.05) is 6.08 Å². The molecule has 3 nitrogen and oxygen atoms in total. The summed E-state index contributed by atoms with van der Waals surface area (Å²) in [5.41, 5.74) is 5.52. The number of esters is 1. The zero-order valence-corrected chi connectivity index (χ0v) is 37.1. The monoisotopic (exact) mass is 769 g/mol. The number of carbonyl (C=O) groups excluding carboxylic acids is 2. The van der Waals surface area contributed by atoms with Crippen LogP contribution in [-0.4, -0.2) is 18.4 Å². The van der Waals surface area contributed by atoms with E-state index in [1.54, 1.807) is 5.57 Å². The third kappa shape index (κ3) is 28.2. The number of hydrogen-bond donors (Lipinski definition) is 0. The number of rotatable bonds is 34. The summed E-state index contributed by atoms with van der Waals surface area (Å²) in [7, 11) is 0. The van der Waals surface area contributed by atoms with E-state index in [2.05, 4.69) is 121 Å². The summed E-state index contributed by atoms with van der Waals surface area (Å²) >= 11 is 0. The maximum Gasteiger partial charge on any atom is 0.305 e. The molecule has 0 N–H and O–H groups in total. The van der Waals surface area contributed by atoms with Gasteiger partial charge in [0.1, 0.15) is 0 Å². The first-order valence-corrected chi connectivity index (χ1v) is 22.9. The molecule has 3 heteroatoms. The Morgan fingerprint density at radius 1 is 0.571 bits per heavy atom. The Bertz CT molecular complexity index is 1300. The third-order valence-corrected chi connectivity index (χ3v) is 10.7. The van der Waals surface area contributed by atoms with Crippen LogP contribution in [0.3, 0.4) is 0 Å². The Hall–Kier alpha value is -3.20. The van der Waals surface area contributed by atoms with Crippen LogP contribution in [0.2, 0.25) is 0 Å². The van der Waals surface area contributed by atoms with Crippen molar-refractivity contribution in [2.45, 2.75) is 196 Å². The van der Waals surface area contributed by atoms with Crippen LogP contribution in [0.1, 0.15) is 196 Å². The van der Waals surface area contributed by atoms with Crippen molar-refractivity contribution in [2.75, 3.05) is 6.61 Å². The van der Waals surface area contributed by atoms with Gasteiger partial charge in [0.05, 0.1) is 6.61 Å². The van der Waals surface area contributed by atoms with Gasteiger partial charge in [-0.05, 0) is 116 Å². The van der Waals surface area contributed by atoms with Gasteiger partial charge in [0.2, 0.25) is 0 Å². The first-order valence-electron chi connectivity index (χ1n) is 22.9. The molecule has 0 spiro atoms. The number of ketones is 1. The number of ether oxygens (including phenoxy) is 1. The molecule has 0 aromatic carbocycles. The Morgan fingerprint density at radius 3 is 1.55 bits per heavy atom. The topological polar surface area (TPSA) is 43.4 Å². The van der Waals surface area contributed by atoms with E-state index in [1.165, 1.54) is 74.5 Å². The highest BCUT2D eigenvalue weighted by molar-refractivity contribution is 5.90. The van der Waals surface area contributed by atoms with Crippen molar-refractivity contribution in [1.82, 2.24) is 0 Å². The molecular formula is C53H84O3. The zero-order valence-electron chi connectivity index (χ0n) is 37.1. The van der Waals surface area contributed by atoms with Crippen molar-refractivity contribution < 1.29 is 14.3 Å². The van der Waals surface area contributed by atoms with Gasteiger partial charge in [-0.25, -0.2) is 0 Å². The Labute approximate surface area is 346 Å². The largest absolute Gasteiger partial charge is 0.465 e. The lowest BCUT2D eigenvalue weighted by atomic mass is 9.62. The minimum Gasteiger partial charge on any atom is -0.465 e. The summed E-state index contributed by atoms with van der Waals surface area (Å²) in [6, 6.07) is 0. The van der Waals surface area contributed by atoms with Crippen molar-refractivity contribution in [3.05, 3.63) is 107 Å². The first kappa shape index (κ1) is 50.8. The van der Waals surface area contributed by atoms with Crippen molar-refractivity contribution in [2.24, 2.45) is 11.8 Å². The van der Waals surface area contributed by atoms with Gasteiger partial charge in [0.25, 0.3) is 0 Å². The van der Waals surface area contributed by atoms with Crippen LogP contribution in [0.5, 0.6) is 0 Å². The highest BCUT2D eigenvalue weighted by atomic mass is 16.5. The summed E-state index contributed by atoms with van der Waals surface area (Å²) < 4.78 is 5.76. The van der Waals surface area contributed by atoms with Crippen LogP contribution in [0.15, 0.2) is 107 Å². The molecule has 0 aliphatic heterocycles. The van der Waals surface area contributed by atoms with Crippen LogP contribution >= 0.6 is 0 Å². The van der Waals surface area contributed by atoms with Crippen LogP contribution in [0.4, 0.5) is 0 Å². The second-order valence-corrected chi connectivity index (χ2v) is 16.3. The first-order chi connectivity index (χ1) is 27.3. The highest BCUT2D eigenvalue weighted by Crippen LogP contribution is 2.49. The minimum atomic E-state index is -0.102. The number of unbranched alkanes of at least 4 members (excludes halogenated alkanes) is 14. The zero-order chi connectivity index (χ0) is 40.9. The summed E-state index contributed by atoms with van der Waals surface area (Å²) in [5.74, 6) is 0.975. The molecule has 1 fully saturated rings. The van der Waals surface area contributed by atoms with Crippen LogP contribution in [0.25, 0.3) is 0 Å². The van der Waals surface area contributed by atoms with Crippen molar-refractivity contribution in [3.63, 3.8) is 0 Å². The summed E-state index contributed by atoms with van der Waals surface area (Å²) in [5, 5.41) is 0. The van der Waals surface area contributed by atoms with Gasteiger partial charge in [-0.15, -0.1) is 0 Å². The molecule has 2 atom stereocenters. The van der Waals surface area contributed by atoms with Gasteiger partial charge >= 0.3 is 5.97 Å². The smallest absolute Gasteiger partial charge is 0.305 e. The third-order valence-electron chi connectivity index (χ3n) is 10.7. The van der Waals surface area contributed by atoms with Gasteiger partial charge in [0, 0.05) is 19.3 Å². The predicted molar refractivity (Wildman–Crippen MR) is 246 cm³/mol. The van der Waals surface area contributed by atoms with E-state index in [0.717, 1.165) is 77.0 Å². The second-order valence-electron chi connectivity index (χ2n) is 16.3. The molecule has 1 aliphatic carbocycles. The minimum absolute atomic E-state index is 0.102. The molecule has 0 saturated heterocycles. The van der Waals surface area contributed by atoms with E-state index in [0.29, 0.717) is 37.7 Å². The lowest BCUT2D eigenvalue weighted by Crippen LogP contribution is -2.32. The normalized spacial score (nSPS) is 16.4. The average molecular weight is 769 g/mol. The van der Waals surface area contributed by atoms with E-state index in [9.17, 15) is 9.59 Å². The van der Waals surface area contributed by atoms with Gasteiger partial charge < -0.3 is 4.74 Å². The second kappa shape index (κ2) is 36.2. The van der Waals surface area contributed by atoms with Gasteiger partial charge in [-0.1, -0.05) is 179 Å². The Morgan fingerprint density at radius 2 is 1.05 bits per heavy atom. The molecule has 0 aromatic rings. The van der Waals surface area contributed by atoms with E-state index in [-0.39, 0.29) is 11.8 Å². The lowest BCUT2D eigenvalue weighted by molar-refractivity contribution is -0.143. The van der Waals surface area contributed by atoms with E-state index in [4.69, 9.17) is 4.74 Å². The van der Waals surface area contributed by atoms with Crippen LogP contribution in [-0.2, 0) is 14.3 Å². The fraction of sp³-hybridized carbons (Fsp3) is 0.623. The molecule has 0 radical (unpaired) electrons. The number of hydrogen-bond acceptors (Lipinski definition) is 3.